The molecule has 0 aliphatic carbocycles. The molecule has 2 N–H and O–H groups in total. The summed E-state index contributed by atoms with van der Waals surface area (Å²) in [5.74, 6) is 0.510. The lowest BCUT2D eigenvalue weighted by Gasteiger charge is -2.34. The predicted molar refractivity (Wildman–Crippen MR) is 98.5 cm³/mol. The van der Waals surface area contributed by atoms with Crippen molar-refractivity contribution in [3.63, 3.8) is 0 Å². The molecule has 0 saturated carbocycles. The van der Waals surface area contributed by atoms with Gasteiger partial charge in [-0.05, 0) is 49.9 Å². The molecule has 6 heteroatoms. The summed E-state index contributed by atoms with van der Waals surface area (Å²) in [6, 6.07) is 9.73. The summed E-state index contributed by atoms with van der Waals surface area (Å²) in [4.78, 5) is 18.9. The van der Waals surface area contributed by atoms with E-state index in [1.807, 2.05) is 42.2 Å². The number of likely N-dealkylation sites (tertiary alicyclic amines) is 1. The molecular weight excluding hydrogens is 333 g/mol. The number of hydrogen-bond donors (Lipinski definition) is 1. The predicted octanol–water partition coefficient (Wildman–Crippen LogP) is 3.28. The van der Waals surface area contributed by atoms with E-state index in [1.54, 1.807) is 6.20 Å². The lowest BCUT2D eigenvalue weighted by atomic mass is 9.92. The van der Waals surface area contributed by atoms with Crippen LogP contribution in [0.5, 0.6) is 0 Å². The van der Waals surface area contributed by atoms with Gasteiger partial charge < -0.3 is 10.6 Å². The van der Waals surface area contributed by atoms with Gasteiger partial charge in [-0.25, -0.2) is 0 Å². The standard InChI is InChI=1S/C17H21N3O.2ClH/c1-12(18)15-5-3-9-20(11-15)17(21)14-6-7-16-13(10-14)4-2-8-19-16;;/h2,4,6-8,10,12,15H,3,5,9,11,18H2,1H3;2*1H. The van der Waals surface area contributed by atoms with Crippen molar-refractivity contribution < 1.29 is 4.79 Å². The lowest BCUT2D eigenvalue weighted by molar-refractivity contribution is 0.0661. The number of pyridine rings is 1. The van der Waals surface area contributed by atoms with Crippen molar-refractivity contribution in [3.8, 4) is 0 Å². The van der Waals surface area contributed by atoms with Gasteiger partial charge in [0.15, 0.2) is 0 Å². The van der Waals surface area contributed by atoms with Crippen LogP contribution in [0.3, 0.4) is 0 Å². The van der Waals surface area contributed by atoms with Gasteiger partial charge in [-0.15, -0.1) is 24.8 Å². The van der Waals surface area contributed by atoms with Gasteiger partial charge in [0.05, 0.1) is 5.52 Å². The minimum atomic E-state index is 0. The quantitative estimate of drug-likeness (QED) is 0.898. The van der Waals surface area contributed by atoms with E-state index in [1.165, 1.54) is 0 Å². The van der Waals surface area contributed by atoms with Gasteiger partial charge in [0, 0.05) is 36.3 Å². The molecule has 1 aliphatic heterocycles. The molecule has 126 valence electrons. The molecule has 3 rings (SSSR count). The molecule has 1 aromatic heterocycles. The van der Waals surface area contributed by atoms with Crippen LogP contribution in [0.4, 0.5) is 0 Å². The van der Waals surface area contributed by atoms with Crippen LogP contribution in [0.25, 0.3) is 10.9 Å². The zero-order chi connectivity index (χ0) is 14.8. The van der Waals surface area contributed by atoms with Crippen LogP contribution in [0.2, 0.25) is 0 Å². The normalized spacial score (nSPS) is 18.7. The number of fused-ring (bicyclic) bond motifs is 1. The number of hydrogen-bond acceptors (Lipinski definition) is 3. The van der Waals surface area contributed by atoms with Crippen molar-refractivity contribution in [2.75, 3.05) is 13.1 Å². The van der Waals surface area contributed by atoms with Gasteiger partial charge in [-0.3, -0.25) is 9.78 Å². The molecule has 1 saturated heterocycles. The molecule has 2 atom stereocenters. The van der Waals surface area contributed by atoms with Crippen molar-refractivity contribution in [2.24, 2.45) is 11.7 Å². The average molecular weight is 356 g/mol. The maximum Gasteiger partial charge on any atom is 0.253 e. The minimum Gasteiger partial charge on any atom is -0.338 e. The first-order valence-corrected chi connectivity index (χ1v) is 7.55. The Hall–Kier alpha value is -1.36. The van der Waals surface area contributed by atoms with Crippen molar-refractivity contribution in [3.05, 3.63) is 42.1 Å². The summed E-state index contributed by atoms with van der Waals surface area (Å²) in [5.41, 5.74) is 7.65. The van der Waals surface area contributed by atoms with Crippen LogP contribution >= 0.6 is 24.8 Å². The number of nitrogens with zero attached hydrogens (tertiary/aromatic N) is 2. The number of piperidine rings is 1. The molecule has 4 nitrogen and oxygen atoms in total. The second-order valence-electron chi connectivity index (χ2n) is 5.92. The highest BCUT2D eigenvalue weighted by Gasteiger charge is 2.26. The molecule has 2 aromatic rings. The number of halogens is 2. The summed E-state index contributed by atoms with van der Waals surface area (Å²) >= 11 is 0. The molecule has 1 fully saturated rings. The number of benzene rings is 1. The van der Waals surface area contributed by atoms with Crippen LogP contribution in [-0.2, 0) is 0 Å². The first-order chi connectivity index (χ1) is 10.1. The third-order valence-corrected chi connectivity index (χ3v) is 4.34. The molecule has 1 aromatic carbocycles. The number of carbonyl (C=O) groups excluding carboxylic acids is 1. The second-order valence-corrected chi connectivity index (χ2v) is 5.92. The van der Waals surface area contributed by atoms with Crippen LogP contribution in [0.1, 0.15) is 30.1 Å². The maximum absolute atomic E-state index is 12.7. The van der Waals surface area contributed by atoms with Gasteiger partial charge in [-0.1, -0.05) is 6.07 Å². The van der Waals surface area contributed by atoms with E-state index in [9.17, 15) is 4.79 Å². The molecule has 23 heavy (non-hydrogen) atoms. The van der Waals surface area contributed by atoms with Crippen LogP contribution < -0.4 is 5.73 Å². The van der Waals surface area contributed by atoms with E-state index in [-0.39, 0.29) is 36.8 Å². The van der Waals surface area contributed by atoms with Crippen molar-refractivity contribution >= 4 is 41.6 Å². The summed E-state index contributed by atoms with van der Waals surface area (Å²) in [7, 11) is 0. The summed E-state index contributed by atoms with van der Waals surface area (Å²) in [5, 5.41) is 1.00. The molecule has 2 heterocycles. The smallest absolute Gasteiger partial charge is 0.253 e. The average Bonchev–Trinajstić information content (AvgIpc) is 2.53. The number of nitrogens with two attached hydrogens (primary N) is 1. The van der Waals surface area contributed by atoms with Gasteiger partial charge in [-0.2, -0.15) is 0 Å². The van der Waals surface area contributed by atoms with Crippen molar-refractivity contribution in [2.45, 2.75) is 25.8 Å². The molecule has 1 amide bonds. The van der Waals surface area contributed by atoms with Crippen LogP contribution in [0, 0.1) is 5.92 Å². The van der Waals surface area contributed by atoms with Crippen LogP contribution in [0.15, 0.2) is 36.5 Å². The van der Waals surface area contributed by atoms with E-state index < -0.39 is 0 Å². The fourth-order valence-corrected chi connectivity index (χ4v) is 3.01. The number of rotatable bonds is 2. The Bertz CT molecular complexity index is 663. The van der Waals surface area contributed by atoms with Crippen LogP contribution in [-0.4, -0.2) is 34.9 Å². The van der Waals surface area contributed by atoms with Gasteiger partial charge >= 0.3 is 0 Å². The highest BCUT2D eigenvalue weighted by molar-refractivity contribution is 5.98. The molecule has 1 aliphatic rings. The Morgan fingerprint density at radius 3 is 2.87 bits per heavy atom. The number of aromatic nitrogens is 1. The minimum absolute atomic E-state index is 0. The third-order valence-electron chi connectivity index (χ3n) is 4.34. The maximum atomic E-state index is 12.7. The highest BCUT2D eigenvalue weighted by atomic mass is 35.5. The Labute approximate surface area is 149 Å². The van der Waals surface area contributed by atoms with E-state index in [4.69, 9.17) is 5.73 Å². The molecule has 0 bridgehead atoms. The topological polar surface area (TPSA) is 59.2 Å². The van der Waals surface area contributed by atoms with E-state index in [2.05, 4.69) is 4.98 Å². The first kappa shape index (κ1) is 19.7. The summed E-state index contributed by atoms with van der Waals surface area (Å²) in [6.07, 6.45) is 3.91. The van der Waals surface area contributed by atoms with Crippen molar-refractivity contribution in [1.82, 2.24) is 9.88 Å². The third kappa shape index (κ3) is 4.34. The molecule has 2 unspecified atom stereocenters. The SMILES string of the molecule is CC(N)C1CCCN(C(=O)c2ccc3ncccc3c2)C1.Cl.Cl. The Morgan fingerprint density at radius 1 is 1.35 bits per heavy atom. The largest absolute Gasteiger partial charge is 0.338 e. The van der Waals surface area contributed by atoms with Gasteiger partial charge in [0.25, 0.3) is 5.91 Å². The zero-order valence-corrected chi connectivity index (χ0v) is 14.8. The zero-order valence-electron chi connectivity index (χ0n) is 13.1. The first-order valence-electron chi connectivity index (χ1n) is 7.55. The Morgan fingerprint density at radius 2 is 2.13 bits per heavy atom. The summed E-state index contributed by atoms with van der Waals surface area (Å²) < 4.78 is 0. The van der Waals surface area contributed by atoms with E-state index >= 15 is 0 Å². The molecular formula is C17H23Cl2N3O. The lowest BCUT2D eigenvalue weighted by Crippen LogP contribution is -2.45. The van der Waals surface area contributed by atoms with Gasteiger partial charge in [0.1, 0.15) is 0 Å². The monoisotopic (exact) mass is 355 g/mol. The number of carbonyl (C=O) groups is 1. The highest BCUT2D eigenvalue weighted by Crippen LogP contribution is 2.22. The van der Waals surface area contributed by atoms with E-state index in [0.29, 0.717) is 5.92 Å². The number of amides is 1. The fraction of sp³-hybridized carbons (Fsp3) is 0.412. The molecule has 0 spiro atoms. The van der Waals surface area contributed by atoms with E-state index in [0.717, 1.165) is 42.4 Å². The molecule has 0 radical (unpaired) electrons. The van der Waals surface area contributed by atoms with Crippen molar-refractivity contribution in [1.29, 1.82) is 0 Å². The Balaban J connectivity index is 0.00000132. The Kier molecular flexibility index (Phi) is 7.26. The van der Waals surface area contributed by atoms with Gasteiger partial charge in [0.2, 0.25) is 0 Å². The fourth-order valence-electron chi connectivity index (χ4n) is 3.01. The second kappa shape index (κ2) is 8.48. The summed E-state index contributed by atoms with van der Waals surface area (Å²) in [6.45, 7) is 3.62.